The summed E-state index contributed by atoms with van der Waals surface area (Å²) in [6.45, 7) is 7.08. The molecule has 45 heavy (non-hydrogen) atoms. The Bertz CT molecular complexity index is 1490. The zero-order chi connectivity index (χ0) is 32.8. The Morgan fingerprint density at radius 2 is 1.91 bits per heavy atom. The van der Waals surface area contributed by atoms with E-state index in [1.165, 1.54) is 30.0 Å². The molecule has 0 unspecified atom stereocenters. The van der Waals surface area contributed by atoms with Gasteiger partial charge in [0, 0.05) is 41.4 Å². The van der Waals surface area contributed by atoms with Crippen molar-refractivity contribution in [3.8, 4) is 0 Å². The van der Waals surface area contributed by atoms with Crippen LogP contribution in [0.2, 0.25) is 18.6 Å². The summed E-state index contributed by atoms with van der Waals surface area (Å²) in [4.78, 5) is 65.9. The molecule has 2 aromatic carbocycles. The molecule has 3 heterocycles. The summed E-state index contributed by atoms with van der Waals surface area (Å²) in [5.41, 5.74) is -0.509. The molecule has 3 aliphatic heterocycles. The van der Waals surface area contributed by atoms with Crippen molar-refractivity contribution in [2.75, 3.05) is 23.4 Å². The molecule has 2 saturated heterocycles. The summed E-state index contributed by atoms with van der Waals surface area (Å²) in [6, 6.07) is 10.7. The lowest BCUT2D eigenvalue weighted by molar-refractivity contribution is -0.385. The molecular formula is C31H40N4O9Si. The Morgan fingerprint density at radius 3 is 2.51 bits per heavy atom. The first-order chi connectivity index (χ1) is 21.2. The Hall–Kier alpha value is -3.69. The maximum absolute atomic E-state index is 14.6. The van der Waals surface area contributed by atoms with Crippen molar-refractivity contribution in [3.05, 3.63) is 63.7 Å². The predicted molar refractivity (Wildman–Crippen MR) is 167 cm³/mol. The van der Waals surface area contributed by atoms with E-state index in [1.54, 1.807) is 49.2 Å². The standard InChI is InChI=1S/C31H40N4O9Si/c1-18-28(45(3,4)43)26(15-27(38)33-13-5-6-23(33)17-36)44-31(18)24-14-22(35(41)42)11-12-25(24)34(30(31)40)16-20-7-9-21(10-8-20)32-29(39)19(2)37/h7-12,14,18-19,23,26,28,36-37,43H,5-6,13,15-17H2,1-4H3,(H,32,39)/t18-,19-,23-,26+,28-,31+/m0/s1. The Kier molecular flexibility index (Phi) is 8.90. The van der Waals surface area contributed by atoms with Crippen LogP contribution in [0.5, 0.6) is 0 Å². The average Bonchev–Trinajstić information content (AvgIpc) is 3.64. The van der Waals surface area contributed by atoms with E-state index >= 15 is 0 Å². The second-order valence-corrected chi connectivity index (χ2v) is 16.8. The summed E-state index contributed by atoms with van der Waals surface area (Å²) in [5, 5.41) is 33.7. The molecule has 3 amide bonds. The number of carbonyl (C=O) groups is 3. The fourth-order valence-corrected chi connectivity index (χ4v) is 9.86. The molecule has 13 nitrogen and oxygen atoms in total. The van der Waals surface area contributed by atoms with Crippen LogP contribution in [-0.4, -0.2) is 82.3 Å². The number of benzene rings is 2. The van der Waals surface area contributed by atoms with Gasteiger partial charge in [-0.1, -0.05) is 19.1 Å². The quantitative estimate of drug-likeness (QED) is 0.182. The zero-order valence-electron chi connectivity index (χ0n) is 25.8. The molecular weight excluding hydrogens is 600 g/mol. The van der Waals surface area contributed by atoms with E-state index < -0.39 is 54.3 Å². The third kappa shape index (κ3) is 5.88. The lowest BCUT2D eigenvalue weighted by Gasteiger charge is -2.32. The van der Waals surface area contributed by atoms with Crippen LogP contribution < -0.4 is 10.2 Å². The van der Waals surface area contributed by atoms with Crippen LogP contribution in [0, 0.1) is 16.0 Å². The average molecular weight is 641 g/mol. The van der Waals surface area contributed by atoms with Gasteiger partial charge in [-0.3, -0.25) is 24.5 Å². The van der Waals surface area contributed by atoms with E-state index in [-0.39, 0.29) is 37.2 Å². The number of likely N-dealkylation sites (tertiary alicyclic amines) is 1. The van der Waals surface area contributed by atoms with Crippen LogP contribution in [0.1, 0.15) is 44.2 Å². The fourth-order valence-electron chi connectivity index (χ4n) is 7.30. The third-order valence-electron chi connectivity index (χ3n) is 9.40. The molecule has 0 aromatic heterocycles. The number of ether oxygens (including phenoxy) is 1. The number of anilines is 2. The highest BCUT2D eigenvalue weighted by molar-refractivity contribution is 6.71. The molecule has 14 heteroatoms. The number of rotatable bonds is 9. The minimum Gasteiger partial charge on any atom is -0.432 e. The summed E-state index contributed by atoms with van der Waals surface area (Å²) in [6.07, 6.45) is -0.645. The highest BCUT2D eigenvalue weighted by Gasteiger charge is 2.66. The van der Waals surface area contributed by atoms with Crippen molar-refractivity contribution in [2.45, 2.75) is 82.1 Å². The number of non-ortho nitro benzene ring substituents is 1. The summed E-state index contributed by atoms with van der Waals surface area (Å²) in [7, 11) is -3.09. The van der Waals surface area contributed by atoms with E-state index in [9.17, 15) is 39.5 Å². The van der Waals surface area contributed by atoms with Crippen molar-refractivity contribution in [3.63, 3.8) is 0 Å². The van der Waals surface area contributed by atoms with Gasteiger partial charge in [-0.2, -0.15) is 0 Å². The number of hydrogen-bond acceptors (Lipinski definition) is 9. The van der Waals surface area contributed by atoms with Crippen LogP contribution in [0.4, 0.5) is 17.1 Å². The Balaban J connectivity index is 1.51. The van der Waals surface area contributed by atoms with Gasteiger partial charge in [-0.25, -0.2) is 0 Å². The maximum Gasteiger partial charge on any atom is 0.269 e. The van der Waals surface area contributed by atoms with E-state index in [4.69, 9.17) is 4.74 Å². The van der Waals surface area contributed by atoms with Crippen molar-refractivity contribution in [1.82, 2.24) is 4.90 Å². The largest absolute Gasteiger partial charge is 0.432 e. The van der Waals surface area contributed by atoms with Crippen LogP contribution in [0.3, 0.4) is 0 Å². The molecule has 0 radical (unpaired) electrons. The Morgan fingerprint density at radius 1 is 1.22 bits per heavy atom. The van der Waals surface area contributed by atoms with Crippen molar-refractivity contribution in [1.29, 1.82) is 0 Å². The molecule has 3 aliphatic rings. The molecule has 5 rings (SSSR count). The van der Waals surface area contributed by atoms with Crippen molar-refractivity contribution >= 4 is 43.1 Å². The lowest BCUT2D eigenvalue weighted by Crippen LogP contribution is -2.46. The fraction of sp³-hybridized carbons (Fsp3) is 0.516. The van der Waals surface area contributed by atoms with Crippen LogP contribution in [-0.2, 0) is 31.3 Å². The lowest BCUT2D eigenvalue weighted by atomic mass is 9.82. The summed E-state index contributed by atoms with van der Waals surface area (Å²) >= 11 is 0. The zero-order valence-corrected chi connectivity index (χ0v) is 26.8. The van der Waals surface area contributed by atoms with Gasteiger partial charge in [-0.15, -0.1) is 0 Å². The van der Waals surface area contributed by atoms with E-state index in [0.29, 0.717) is 35.5 Å². The van der Waals surface area contributed by atoms with E-state index in [2.05, 4.69) is 5.32 Å². The number of aliphatic hydroxyl groups excluding tert-OH is 2. The molecule has 1 spiro atoms. The van der Waals surface area contributed by atoms with Crippen LogP contribution in [0.15, 0.2) is 42.5 Å². The molecule has 6 atom stereocenters. The molecule has 4 N–H and O–H groups in total. The predicted octanol–water partition coefficient (Wildman–Crippen LogP) is 2.63. The van der Waals surface area contributed by atoms with E-state index in [1.807, 2.05) is 0 Å². The molecule has 2 aromatic rings. The summed E-state index contributed by atoms with van der Waals surface area (Å²) in [5.74, 6) is -1.85. The normalized spacial score (nSPS) is 26.8. The van der Waals surface area contributed by atoms with Gasteiger partial charge in [0.2, 0.25) is 5.91 Å². The summed E-state index contributed by atoms with van der Waals surface area (Å²) < 4.78 is 6.67. The highest BCUT2D eigenvalue weighted by Crippen LogP contribution is 2.60. The number of aliphatic hydroxyl groups is 2. The van der Waals surface area contributed by atoms with Gasteiger partial charge >= 0.3 is 0 Å². The topological polar surface area (TPSA) is 183 Å². The van der Waals surface area contributed by atoms with Crippen LogP contribution in [0.25, 0.3) is 0 Å². The van der Waals surface area contributed by atoms with Crippen molar-refractivity contribution < 1.29 is 39.1 Å². The van der Waals surface area contributed by atoms with Crippen molar-refractivity contribution in [2.24, 2.45) is 5.92 Å². The number of carbonyl (C=O) groups excluding carboxylic acids is 3. The number of fused-ring (bicyclic) bond motifs is 2. The molecule has 2 fully saturated rings. The SMILES string of the molecule is C[C@H](O)C(=O)Nc1ccc(CN2C(=O)[C@]3(O[C@H](CC(=O)N4CCC[C@H]4CO)[C@@H]([Si](C)(C)O)[C@@H]3C)c3cc([N+](=O)[O-])ccc32)cc1. The second kappa shape index (κ2) is 12.2. The maximum atomic E-state index is 14.6. The van der Waals surface area contributed by atoms with Gasteiger partial charge in [0.1, 0.15) is 6.10 Å². The number of amides is 3. The highest BCUT2D eigenvalue weighted by atomic mass is 28.4. The number of nitro benzene ring substituents is 1. The molecule has 0 aliphatic carbocycles. The van der Waals surface area contributed by atoms with Gasteiger partial charge in [0.05, 0.1) is 42.3 Å². The number of hydrogen-bond donors (Lipinski definition) is 4. The first-order valence-electron chi connectivity index (χ1n) is 15.2. The van der Waals surface area contributed by atoms with Crippen LogP contribution >= 0.6 is 0 Å². The first-order valence-corrected chi connectivity index (χ1v) is 18.2. The van der Waals surface area contributed by atoms with E-state index in [0.717, 1.165) is 6.42 Å². The van der Waals surface area contributed by atoms with Gasteiger partial charge in [0.25, 0.3) is 17.5 Å². The third-order valence-corrected chi connectivity index (χ3v) is 11.9. The molecule has 0 saturated carbocycles. The minimum atomic E-state index is -3.09. The smallest absolute Gasteiger partial charge is 0.269 e. The Labute approximate surface area is 262 Å². The van der Waals surface area contributed by atoms with Gasteiger partial charge < -0.3 is 34.9 Å². The number of nitrogens with zero attached hydrogens (tertiary/aromatic N) is 3. The molecule has 242 valence electrons. The second-order valence-electron chi connectivity index (χ2n) is 12.8. The van der Waals surface area contributed by atoms with Gasteiger partial charge in [0.15, 0.2) is 13.9 Å². The minimum absolute atomic E-state index is 0.0896. The number of nitrogens with one attached hydrogen (secondary N) is 1. The number of nitro groups is 1. The van der Waals surface area contributed by atoms with Gasteiger partial charge in [-0.05, 0) is 56.6 Å². The first kappa shape index (κ1) is 32.7. The monoisotopic (exact) mass is 640 g/mol. The molecule has 0 bridgehead atoms.